The molecular weight excluding hydrogens is 268 g/mol. The number of nitrogens with zero attached hydrogens (tertiary/aromatic N) is 3. The summed E-state index contributed by atoms with van der Waals surface area (Å²) in [6, 6.07) is 9.36. The number of pyridine rings is 1. The number of hydrogen-bond acceptors (Lipinski definition) is 5. The number of benzene rings is 1. The lowest BCUT2D eigenvalue weighted by atomic mass is 10.1. The fraction of sp³-hybridized carbons (Fsp3) is 0.200. The van der Waals surface area contributed by atoms with Crippen molar-refractivity contribution in [1.82, 2.24) is 4.98 Å². The van der Waals surface area contributed by atoms with E-state index in [9.17, 15) is 0 Å². The molecule has 6 nitrogen and oxygen atoms in total. The maximum atomic E-state index is 8.89. The zero-order valence-corrected chi connectivity index (χ0v) is 12.2. The number of amidine groups is 1. The highest BCUT2D eigenvalue weighted by Gasteiger charge is 2.14. The number of oxime groups is 1. The molecule has 0 aliphatic rings. The Kier molecular flexibility index (Phi) is 4.27. The van der Waals surface area contributed by atoms with Crippen LogP contribution in [0.4, 0.5) is 5.69 Å². The van der Waals surface area contributed by atoms with E-state index in [2.05, 4.69) is 10.1 Å². The van der Waals surface area contributed by atoms with Gasteiger partial charge in [0.15, 0.2) is 5.84 Å². The van der Waals surface area contributed by atoms with E-state index in [4.69, 9.17) is 15.7 Å². The van der Waals surface area contributed by atoms with Crippen molar-refractivity contribution in [2.75, 3.05) is 19.0 Å². The van der Waals surface area contributed by atoms with Crippen LogP contribution >= 0.6 is 0 Å². The monoisotopic (exact) mass is 286 g/mol. The molecule has 1 aromatic carbocycles. The highest BCUT2D eigenvalue weighted by atomic mass is 16.5. The van der Waals surface area contributed by atoms with Crippen LogP contribution in [0.3, 0.4) is 0 Å². The third kappa shape index (κ3) is 3.22. The summed E-state index contributed by atoms with van der Waals surface area (Å²) < 4.78 is 5.79. The average molecular weight is 286 g/mol. The molecule has 0 atom stereocenters. The Morgan fingerprint density at radius 2 is 2.10 bits per heavy atom. The van der Waals surface area contributed by atoms with Gasteiger partial charge in [0.2, 0.25) is 5.88 Å². The van der Waals surface area contributed by atoms with Crippen molar-refractivity contribution in [3.63, 3.8) is 0 Å². The first-order chi connectivity index (χ1) is 10.0. The third-order valence-electron chi connectivity index (χ3n) is 3.04. The van der Waals surface area contributed by atoms with E-state index < -0.39 is 0 Å². The summed E-state index contributed by atoms with van der Waals surface area (Å²) in [5.74, 6) is 0.909. The van der Waals surface area contributed by atoms with Crippen LogP contribution in [0.2, 0.25) is 0 Å². The first-order valence-corrected chi connectivity index (χ1v) is 6.41. The number of aromatic nitrogens is 1. The van der Waals surface area contributed by atoms with Gasteiger partial charge < -0.3 is 20.6 Å². The van der Waals surface area contributed by atoms with Crippen molar-refractivity contribution in [2.24, 2.45) is 10.9 Å². The molecule has 1 heterocycles. The van der Waals surface area contributed by atoms with Gasteiger partial charge in [0.05, 0.1) is 5.56 Å². The minimum atomic E-state index is -0.0284. The molecule has 0 spiro atoms. The lowest BCUT2D eigenvalue weighted by Crippen LogP contribution is -2.16. The predicted molar refractivity (Wildman–Crippen MR) is 82.3 cm³/mol. The first-order valence-electron chi connectivity index (χ1n) is 6.41. The van der Waals surface area contributed by atoms with Crippen molar-refractivity contribution in [3.05, 3.63) is 47.7 Å². The van der Waals surface area contributed by atoms with Gasteiger partial charge in [-0.15, -0.1) is 0 Å². The van der Waals surface area contributed by atoms with Gasteiger partial charge in [-0.25, -0.2) is 4.98 Å². The molecule has 0 radical (unpaired) electrons. The summed E-state index contributed by atoms with van der Waals surface area (Å²) in [7, 11) is 3.90. The quantitative estimate of drug-likeness (QED) is 0.390. The van der Waals surface area contributed by atoms with Crippen LogP contribution in [0.5, 0.6) is 11.6 Å². The molecule has 0 amide bonds. The Labute approximate surface area is 123 Å². The van der Waals surface area contributed by atoms with Gasteiger partial charge in [-0.05, 0) is 30.7 Å². The van der Waals surface area contributed by atoms with Crippen LogP contribution in [-0.2, 0) is 0 Å². The van der Waals surface area contributed by atoms with E-state index in [1.165, 1.54) is 0 Å². The van der Waals surface area contributed by atoms with Gasteiger partial charge in [0.25, 0.3) is 0 Å². The first kappa shape index (κ1) is 14.6. The molecule has 0 aliphatic heterocycles. The van der Waals surface area contributed by atoms with E-state index in [0.717, 1.165) is 11.3 Å². The van der Waals surface area contributed by atoms with Crippen LogP contribution in [0, 0.1) is 6.92 Å². The van der Waals surface area contributed by atoms with Gasteiger partial charge in [-0.1, -0.05) is 11.2 Å². The predicted octanol–water partition coefficient (Wildman–Crippen LogP) is 2.34. The second kappa shape index (κ2) is 6.13. The summed E-state index contributed by atoms with van der Waals surface area (Å²) in [5.41, 5.74) is 8.00. The Balaban J connectivity index is 2.40. The number of rotatable bonds is 4. The van der Waals surface area contributed by atoms with Crippen molar-refractivity contribution in [2.45, 2.75) is 6.92 Å². The summed E-state index contributed by atoms with van der Waals surface area (Å²) in [4.78, 5) is 6.14. The minimum absolute atomic E-state index is 0.0284. The molecular formula is C15H18N4O2. The van der Waals surface area contributed by atoms with Gasteiger partial charge >= 0.3 is 0 Å². The molecule has 0 saturated carbocycles. The molecule has 110 valence electrons. The zero-order chi connectivity index (χ0) is 15.4. The number of nitrogens with two attached hydrogens (primary N) is 1. The summed E-state index contributed by atoms with van der Waals surface area (Å²) in [6.07, 6.45) is 1.62. The van der Waals surface area contributed by atoms with E-state index in [0.29, 0.717) is 17.2 Å². The lowest BCUT2D eigenvalue weighted by Gasteiger charge is -2.15. The number of aryl methyl sites for hydroxylation is 1. The molecule has 3 N–H and O–H groups in total. The second-order valence-electron chi connectivity index (χ2n) is 4.79. The summed E-state index contributed by atoms with van der Waals surface area (Å²) >= 11 is 0. The van der Waals surface area contributed by atoms with Crippen molar-refractivity contribution in [1.29, 1.82) is 0 Å². The van der Waals surface area contributed by atoms with Crippen LogP contribution in [0.1, 0.15) is 11.1 Å². The Bertz CT molecular complexity index is 668. The molecule has 2 aromatic rings. The fourth-order valence-electron chi connectivity index (χ4n) is 1.91. The summed E-state index contributed by atoms with van der Waals surface area (Å²) in [6.45, 7) is 1.85. The number of anilines is 1. The maximum absolute atomic E-state index is 8.89. The normalized spacial score (nSPS) is 11.3. The largest absolute Gasteiger partial charge is 0.438 e. The van der Waals surface area contributed by atoms with Crippen molar-refractivity contribution < 1.29 is 9.94 Å². The minimum Gasteiger partial charge on any atom is -0.438 e. The number of hydrogen-bond donors (Lipinski definition) is 2. The molecule has 1 aromatic heterocycles. The Morgan fingerprint density at radius 3 is 2.76 bits per heavy atom. The Hall–Kier alpha value is -2.76. The van der Waals surface area contributed by atoms with Crippen LogP contribution in [-0.4, -0.2) is 30.1 Å². The average Bonchev–Trinajstić information content (AvgIpc) is 2.47. The molecule has 0 saturated heterocycles. The molecule has 21 heavy (non-hydrogen) atoms. The molecule has 0 unspecified atom stereocenters. The van der Waals surface area contributed by atoms with Gasteiger partial charge in [0, 0.05) is 32.0 Å². The fourth-order valence-corrected chi connectivity index (χ4v) is 1.91. The molecule has 0 fully saturated rings. The highest BCUT2D eigenvalue weighted by molar-refractivity contribution is 6.00. The van der Waals surface area contributed by atoms with Crippen LogP contribution in [0.25, 0.3) is 0 Å². The lowest BCUT2D eigenvalue weighted by molar-refractivity contribution is 0.318. The molecule has 2 rings (SSSR count). The zero-order valence-electron chi connectivity index (χ0n) is 12.2. The van der Waals surface area contributed by atoms with Gasteiger partial charge in [-0.3, -0.25) is 0 Å². The smallest absolute Gasteiger partial charge is 0.230 e. The number of ether oxygens (including phenoxy) is 1. The van der Waals surface area contributed by atoms with E-state index >= 15 is 0 Å². The van der Waals surface area contributed by atoms with Gasteiger partial charge in [0.1, 0.15) is 5.75 Å². The molecule has 0 bridgehead atoms. The van der Waals surface area contributed by atoms with Crippen LogP contribution in [0.15, 0.2) is 41.7 Å². The van der Waals surface area contributed by atoms with Crippen molar-refractivity contribution in [3.8, 4) is 11.6 Å². The van der Waals surface area contributed by atoms with E-state index in [1.54, 1.807) is 12.3 Å². The van der Waals surface area contributed by atoms with Crippen LogP contribution < -0.4 is 15.4 Å². The Morgan fingerprint density at radius 1 is 1.33 bits per heavy atom. The molecule has 0 aliphatic carbocycles. The summed E-state index contributed by atoms with van der Waals surface area (Å²) in [5, 5.41) is 11.9. The van der Waals surface area contributed by atoms with E-state index in [1.807, 2.05) is 50.2 Å². The second-order valence-corrected chi connectivity index (χ2v) is 4.79. The topological polar surface area (TPSA) is 84.0 Å². The SMILES string of the molecule is Cc1ccnc(Oc2cccc(N(C)C)c2)c1/C(N)=N/O. The van der Waals surface area contributed by atoms with E-state index in [-0.39, 0.29) is 5.84 Å². The van der Waals surface area contributed by atoms with Gasteiger partial charge in [-0.2, -0.15) is 0 Å². The third-order valence-corrected chi connectivity index (χ3v) is 3.04. The standard InChI is InChI=1S/C15H18N4O2/c1-10-7-8-17-15(13(10)14(16)18-20)21-12-6-4-5-11(9-12)19(2)3/h4-9,20H,1-3H3,(H2,16,18). The van der Waals surface area contributed by atoms with Crippen molar-refractivity contribution >= 4 is 11.5 Å². The maximum Gasteiger partial charge on any atom is 0.230 e. The highest BCUT2D eigenvalue weighted by Crippen LogP contribution is 2.27. The molecule has 6 heteroatoms.